The summed E-state index contributed by atoms with van der Waals surface area (Å²) >= 11 is 0. The van der Waals surface area contributed by atoms with Gasteiger partial charge in [-0.05, 0) is 29.2 Å². The molecule has 0 aliphatic carbocycles. The number of rotatable bonds is 9. The number of likely N-dealkylation sites (tertiary alicyclic amines) is 1. The van der Waals surface area contributed by atoms with Crippen LogP contribution in [0.4, 0.5) is 4.79 Å². The highest BCUT2D eigenvalue weighted by atomic mass is 16.7. The first-order valence-corrected chi connectivity index (χ1v) is 15.7. The third kappa shape index (κ3) is 7.15. The zero-order valence-corrected chi connectivity index (χ0v) is 25.3. The molecular weight excluding hydrogens is 558 g/mol. The second kappa shape index (κ2) is 14.2. The lowest BCUT2D eigenvalue weighted by Gasteiger charge is -2.46. The molecule has 0 aromatic heterocycles. The molecule has 3 aliphatic rings. The standard InChI is InChI=1S/C35H43N3O6/c1-2-36-34(40)37-22-25-8-14-29(15-9-25)33-43-30(23-38-18-16-35(17-19-38)41-20-21-42-35)31(27-6-4-3-5-7-27)32(44-33)28-12-10-26(24-39)11-13-28/h3-15,30-33,39H,2,16-24H2,1H3,(H2,36,37,40)/t30-,31-,32+,33?/m1/s1. The third-order valence-corrected chi connectivity index (χ3v) is 8.88. The Morgan fingerprint density at radius 1 is 0.841 bits per heavy atom. The van der Waals surface area contributed by atoms with Crippen LogP contribution in [0.5, 0.6) is 0 Å². The zero-order valence-electron chi connectivity index (χ0n) is 25.3. The van der Waals surface area contributed by atoms with Gasteiger partial charge in [0.15, 0.2) is 12.1 Å². The summed E-state index contributed by atoms with van der Waals surface area (Å²) in [6.07, 6.45) is 0.675. The molecule has 4 atom stereocenters. The van der Waals surface area contributed by atoms with Gasteiger partial charge in [0.2, 0.25) is 0 Å². The minimum atomic E-state index is -0.578. The van der Waals surface area contributed by atoms with Gasteiger partial charge in [-0.15, -0.1) is 0 Å². The van der Waals surface area contributed by atoms with Gasteiger partial charge in [0.05, 0.1) is 32.0 Å². The summed E-state index contributed by atoms with van der Waals surface area (Å²) in [6, 6.07) is 26.4. The minimum absolute atomic E-state index is 0.00648. The molecule has 0 radical (unpaired) electrons. The van der Waals surface area contributed by atoms with Crippen LogP contribution in [0.2, 0.25) is 0 Å². The number of hydrogen-bond acceptors (Lipinski definition) is 7. The van der Waals surface area contributed by atoms with E-state index in [1.54, 1.807) is 0 Å². The summed E-state index contributed by atoms with van der Waals surface area (Å²) in [7, 11) is 0. The Hall–Kier alpha value is -3.31. The van der Waals surface area contributed by atoms with E-state index >= 15 is 0 Å². The number of benzene rings is 3. The van der Waals surface area contributed by atoms with Crippen molar-refractivity contribution >= 4 is 6.03 Å². The van der Waals surface area contributed by atoms with Crippen molar-refractivity contribution in [2.24, 2.45) is 0 Å². The van der Waals surface area contributed by atoms with Gasteiger partial charge in [-0.1, -0.05) is 78.9 Å². The van der Waals surface area contributed by atoms with Crippen molar-refractivity contribution in [2.75, 3.05) is 39.4 Å². The van der Waals surface area contributed by atoms with E-state index < -0.39 is 12.1 Å². The quantitative estimate of drug-likeness (QED) is 0.325. The Bertz CT molecular complexity index is 1340. The lowest BCUT2D eigenvalue weighted by molar-refractivity contribution is -0.265. The van der Waals surface area contributed by atoms with E-state index in [-0.39, 0.29) is 30.8 Å². The highest BCUT2D eigenvalue weighted by molar-refractivity contribution is 5.73. The molecule has 44 heavy (non-hydrogen) atoms. The normalized spacial score (nSPS) is 25.1. The monoisotopic (exact) mass is 601 g/mol. The minimum Gasteiger partial charge on any atom is -0.392 e. The first kappa shape index (κ1) is 30.7. The SMILES string of the molecule is CCNC(=O)NCc1ccc(C2O[C@H](CN3CCC4(CC3)OCCO4)[C@@H](c3ccccc3)[C@H](c3ccc(CO)cc3)O2)cc1. The summed E-state index contributed by atoms with van der Waals surface area (Å²) in [5.41, 5.74) is 4.98. The van der Waals surface area contributed by atoms with Crippen molar-refractivity contribution in [3.05, 3.63) is 107 Å². The van der Waals surface area contributed by atoms with E-state index in [0.29, 0.717) is 26.3 Å². The lowest BCUT2D eigenvalue weighted by atomic mass is 9.83. The first-order valence-electron chi connectivity index (χ1n) is 15.7. The van der Waals surface area contributed by atoms with Crippen molar-refractivity contribution in [2.45, 2.75) is 63.1 Å². The number of piperidine rings is 1. The zero-order chi connectivity index (χ0) is 30.4. The van der Waals surface area contributed by atoms with E-state index in [1.807, 2.05) is 49.4 Å². The molecule has 3 N–H and O–H groups in total. The van der Waals surface area contributed by atoms with Crippen LogP contribution >= 0.6 is 0 Å². The Balaban J connectivity index is 1.27. The molecule has 234 valence electrons. The number of hydrogen-bond donors (Lipinski definition) is 3. The molecule has 2 amide bonds. The molecular formula is C35H43N3O6. The maximum atomic E-state index is 11.9. The predicted molar refractivity (Wildman–Crippen MR) is 166 cm³/mol. The maximum Gasteiger partial charge on any atom is 0.315 e. The van der Waals surface area contributed by atoms with Crippen molar-refractivity contribution < 1.29 is 28.8 Å². The molecule has 3 heterocycles. The number of amides is 2. The number of nitrogens with one attached hydrogen (secondary N) is 2. The fourth-order valence-electron chi connectivity index (χ4n) is 6.48. The summed E-state index contributed by atoms with van der Waals surface area (Å²) in [4.78, 5) is 14.3. The Labute approximate surface area is 259 Å². The van der Waals surface area contributed by atoms with Crippen molar-refractivity contribution in [1.29, 1.82) is 0 Å². The van der Waals surface area contributed by atoms with Crippen LogP contribution in [-0.4, -0.2) is 67.3 Å². The summed E-state index contributed by atoms with van der Waals surface area (Å²) in [5.74, 6) is -0.484. The van der Waals surface area contributed by atoms with Crippen LogP contribution in [0.3, 0.4) is 0 Å². The number of aliphatic hydroxyl groups excluding tert-OH is 1. The van der Waals surface area contributed by atoms with Crippen molar-refractivity contribution in [3.63, 3.8) is 0 Å². The van der Waals surface area contributed by atoms with Crippen LogP contribution in [-0.2, 0) is 32.1 Å². The molecule has 1 spiro atoms. The lowest BCUT2D eigenvalue weighted by Crippen LogP contribution is -2.50. The molecule has 6 rings (SSSR count). The van der Waals surface area contributed by atoms with Gasteiger partial charge in [0.1, 0.15) is 0 Å². The summed E-state index contributed by atoms with van der Waals surface area (Å²) in [5, 5.41) is 15.3. The van der Waals surface area contributed by atoms with E-state index in [0.717, 1.165) is 60.3 Å². The second-order valence-corrected chi connectivity index (χ2v) is 11.8. The number of ether oxygens (including phenoxy) is 4. The van der Waals surface area contributed by atoms with Crippen LogP contribution in [0, 0.1) is 0 Å². The number of nitrogens with zero attached hydrogens (tertiary/aromatic N) is 1. The van der Waals surface area contributed by atoms with Gasteiger partial charge in [0.25, 0.3) is 0 Å². The fourth-order valence-corrected chi connectivity index (χ4v) is 6.48. The van der Waals surface area contributed by atoms with E-state index in [4.69, 9.17) is 18.9 Å². The first-order chi connectivity index (χ1) is 21.6. The van der Waals surface area contributed by atoms with E-state index in [2.05, 4.69) is 51.9 Å². The van der Waals surface area contributed by atoms with E-state index in [1.165, 1.54) is 0 Å². The summed E-state index contributed by atoms with van der Waals surface area (Å²) < 4.78 is 25.7. The molecule has 3 fully saturated rings. The number of carbonyl (C=O) groups excluding carboxylic acids is 1. The van der Waals surface area contributed by atoms with Crippen LogP contribution < -0.4 is 10.6 Å². The van der Waals surface area contributed by atoms with Gasteiger partial charge in [-0.3, -0.25) is 0 Å². The molecule has 1 unspecified atom stereocenters. The molecule has 9 nitrogen and oxygen atoms in total. The van der Waals surface area contributed by atoms with Gasteiger partial charge >= 0.3 is 6.03 Å². The molecule has 3 aromatic carbocycles. The highest BCUT2D eigenvalue weighted by Gasteiger charge is 2.45. The van der Waals surface area contributed by atoms with E-state index in [9.17, 15) is 9.90 Å². The van der Waals surface area contributed by atoms with Crippen LogP contribution in [0.25, 0.3) is 0 Å². The van der Waals surface area contributed by atoms with Crippen LogP contribution in [0.1, 0.15) is 65.9 Å². The molecule has 3 aliphatic heterocycles. The average molecular weight is 602 g/mol. The maximum absolute atomic E-state index is 11.9. The number of urea groups is 1. The number of carbonyl (C=O) groups is 1. The molecule has 0 bridgehead atoms. The van der Waals surface area contributed by atoms with Crippen molar-refractivity contribution in [1.82, 2.24) is 15.5 Å². The van der Waals surface area contributed by atoms with Crippen LogP contribution in [0.15, 0.2) is 78.9 Å². The molecule has 9 heteroatoms. The van der Waals surface area contributed by atoms with Gasteiger partial charge < -0.3 is 39.6 Å². The molecule has 3 aromatic rings. The second-order valence-electron chi connectivity index (χ2n) is 11.8. The van der Waals surface area contributed by atoms with Gasteiger partial charge in [0, 0.05) is 57.0 Å². The van der Waals surface area contributed by atoms with Crippen molar-refractivity contribution in [3.8, 4) is 0 Å². The predicted octanol–water partition coefficient (Wildman–Crippen LogP) is 4.78. The summed E-state index contributed by atoms with van der Waals surface area (Å²) in [6.45, 7) is 6.71. The largest absolute Gasteiger partial charge is 0.392 e. The average Bonchev–Trinajstić information content (AvgIpc) is 3.53. The molecule has 3 saturated heterocycles. The highest BCUT2D eigenvalue weighted by Crippen LogP contribution is 2.47. The third-order valence-electron chi connectivity index (χ3n) is 8.88. The Morgan fingerprint density at radius 2 is 1.50 bits per heavy atom. The Kier molecular flexibility index (Phi) is 9.91. The van der Waals surface area contributed by atoms with Gasteiger partial charge in [-0.25, -0.2) is 4.79 Å². The fraction of sp³-hybridized carbons (Fsp3) is 0.457. The molecule has 0 saturated carbocycles. The smallest absolute Gasteiger partial charge is 0.315 e. The number of aliphatic hydroxyl groups is 1. The topological polar surface area (TPSA) is 102 Å². The van der Waals surface area contributed by atoms with Gasteiger partial charge in [-0.2, -0.15) is 0 Å². The Morgan fingerprint density at radius 3 is 2.16 bits per heavy atom.